The molecule has 0 aliphatic rings. The fourth-order valence-corrected chi connectivity index (χ4v) is 10.2. The number of aromatic nitrogens is 1. The normalized spacial score (nSPS) is 12.2. The van der Waals surface area contributed by atoms with Crippen molar-refractivity contribution in [2.75, 3.05) is 0 Å². The molecular weight excluding hydrogens is 811 g/mol. The fraction of sp³-hybridized carbons (Fsp3) is 0.0156. The van der Waals surface area contributed by atoms with Crippen molar-refractivity contribution in [2.45, 2.75) is 6.42 Å². The van der Waals surface area contributed by atoms with Crippen LogP contribution >= 0.6 is 0 Å². The first-order valence-corrected chi connectivity index (χ1v) is 23.0. The van der Waals surface area contributed by atoms with Crippen LogP contribution in [0.3, 0.4) is 0 Å². The summed E-state index contributed by atoms with van der Waals surface area (Å²) in [5, 5.41) is 9.89. The third-order valence-corrected chi connectivity index (χ3v) is 13.2. The lowest BCUT2D eigenvalue weighted by molar-refractivity contribution is 1.18. The molecule has 0 radical (unpaired) electrons. The van der Waals surface area contributed by atoms with Crippen molar-refractivity contribution in [3.63, 3.8) is 0 Å². The lowest BCUT2D eigenvalue weighted by Crippen LogP contribution is -2.13. The zero-order chi connectivity index (χ0) is 44.7. The largest absolute Gasteiger partial charge is 0.383 e. The van der Waals surface area contributed by atoms with Gasteiger partial charge in [0.1, 0.15) is 5.84 Å². The number of allylic oxidation sites excluding steroid dienone is 1. The molecule has 2 N–H and O–H groups in total. The van der Waals surface area contributed by atoms with Crippen LogP contribution in [0.2, 0.25) is 0 Å². The summed E-state index contributed by atoms with van der Waals surface area (Å²) in [6.07, 6.45) is 2.88. The van der Waals surface area contributed by atoms with E-state index in [0.717, 1.165) is 28.1 Å². The lowest BCUT2D eigenvalue weighted by Gasteiger charge is -2.19. The van der Waals surface area contributed by atoms with Gasteiger partial charge in [0.15, 0.2) is 0 Å². The number of para-hydroxylation sites is 3. The van der Waals surface area contributed by atoms with Crippen LogP contribution in [0, 0.1) is 0 Å². The highest BCUT2D eigenvalue weighted by Crippen LogP contribution is 2.46. The van der Waals surface area contributed by atoms with Crippen molar-refractivity contribution >= 4 is 65.7 Å². The van der Waals surface area contributed by atoms with E-state index in [1.807, 2.05) is 30.3 Å². The summed E-state index contributed by atoms with van der Waals surface area (Å²) in [6.45, 7) is 0. The standard InChI is InChI=1S/C64H45N3/c65-64(48-22-6-2-7-23-48)66-58(41-34-43-18-16-24-49(42-43)52-31-17-32-56-53-28-14-15-33-59(53)67(63(52)56)50-25-8-3-9-26-50)45-35-37-47(38-36-45)61-55-30-13-12-29-54(55)60(46-20-4-1-5-21-46)57-40-39-44-19-10-11-27-51(44)62(57)61/h1-33,35-42H,34H2,(H2,65,66)/b58-41-. The molecule has 0 saturated heterocycles. The number of nitrogens with two attached hydrogens (primary N) is 1. The number of amidine groups is 1. The summed E-state index contributed by atoms with van der Waals surface area (Å²) in [5.41, 5.74) is 21.4. The molecule has 12 rings (SSSR count). The zero-order valence-electron chi connectivity index (χ0n) is 36.9. The maximum Gasteiger partial charge on any atom is 0.131 e. The number of rotatable bonds is 9. The van der Waals surface area contributed by atoms with Crippen molar-refractivity contribution < 1.29 is 0 Å². The molecule has 0 aliphatic carbocycles. The first kappa shape index (κ1) is 39.8. The highest BCUT2D eigenvalue weighted by molar-refractivity contribution is 6.28. The Labute approximate surface area is 390 Å². The topological polar surface area (TPSA) is 43.3 Å². The van der Waals surface area contributed by atoms with E-state index in [9.17, 15) is 0 Å². The Hall–Kier alpha value is -8.79. The molecule has 1 heterocycles. The van der Waals surface area contributed by atoms with Gasteiger partial charge in [-0.2, -0.15) is 0 Å². The zero-order valence-corrected chi connectivity index (χ0v) is 36.9. The van der Waals surface area contributed by atoms with Gasteiger partial charge in [-0.15, -0.1) is 0 Å². The Bertz CT molecular complexity index is 3860. The maximum absolute atomic E-state index is 6.82. The molecule has 1 aromatic heterocycles. The molecule has 316 valence electrons. The molecule has 0 unspecified atom stereocenters. The monoisotopic (exact) mass is 855 g/mol. The average molecular weight is 856 g/mol. The highest BCUT2D eigenvalue weighted by atomic mass is 15.0. The number of nitrogens with zero attached hydrogens (tertiary/aromatic N) is 2. The van der Waals surface area contributed by atoms with E-state index < -0.39 is 0 Å². The van der Waals surface area contributed by atoms with Crippen molar-refractivity contribution in [3.8, 4) is 39.1 Å². The van der Waals surface area contributed by atoms with Gasteiger partial charge in [0, 0.05) is 27.6 Å². The van der Waals surface area contributed by atoms with Gasteiger partial charge in [0.05, 0.1) is 16.7 Å². The SMILES string of the molecule is NC(=N/C(=C\Cc1cccc(-c2cccc3c4ccccc4n(-c4ccccc4)c23)c1)c1ccc(-c2c3ccccc3c(-c3ccccc3)c3ccc4ccccc4c23)cc1)c1ccccc1. The number of fused-ring (bicyclic) bond motifs is 7. The van der Waals surface area contributed by atoms with Gasteiger partial charge in [-0.25, -0.2) is 4.99 Å². The minimum Gasteiger partial charge on any atom is -0.383 e. The molecule has 3 heteroatoms. The second-order valence-corrected chi connectivity index (χ2v) is 17.2. The molecule has 0 amide bonds. The van der Waals surface area contributed by atoms with E-state index in [4.69, 9.17) is 10.7 Å². The van der Waals surface area contributed by atoms with Crippen LogP contribution in [0.4, 0.5) is 0 Å². The Morgan fingerprint density at radius 1 is 0.433 bits per heavy atom. The van der Waals surface area contributed by atoms with Crippen LogP contribution in [0.25, 0.3) is 98.9 Å². The summed E-state index contributed by atoms with van der Waals surface area (Å²) in [5.74, 6) is 0.477. The molecule has 0 atom stereocenters. The van der Waals surface area contributed by atoms with Gasteiger partial charge in [0.2, 0.25) is 0 Å². The van der Waals surface area contributed by atoms with Gasteiger partial charge in [-0.05, 0) is 95.9 Å². The summed E-state index contributed by atoms with van der Waals surface area (Å²) in [7, 11) is 0. The Kier molecular flexibility index (Phi) is 10.1. The highest BCUT2D eigenvalue weighted by Gasteiger charge is 2.20. The van der Waals surface area contributed by atoms with Gasteiger partial charge < -0.3 is 10.3 Å². The van der Waals surface area contributed by atoms with E-state index in [2.05, 4.69) is 223 Å². The van der Waals surface area contributed by atoms with E-state index in [0.29, 0.717) is 12.3 Å². The second-order valence-electron chi connectivity index (χ2n) is 17.2. The van der Waals surface area contributed by atoms with Gasteiger partial charge in [-0.1, -0.05) is 231 Å². The molecule has 11 aromatic carbocycles. The minimum atomic E-state index is 0.477. The molecular formula is C64H45N3. The summed E-state index contributed by atoms with van der Waals surface area (Å²) >= 11 is 0. The third-order valence-electron chi connectivity index (χ3n) is 13.2. The van der Waals surface area contributed by atoms with Crippen molar-refractivity contribution in [3.05, 3.63) is 265 Å². The van der Waals surface area contributed by atoms with Crippen molar-refractivity contribution in [2.24, 2.45) is 10.7 Å². The molecule has 67 heavy (non-hydrogen) atoms. The second kappa shape index (κ2) is 17.0. The minimum absolute atomic E-state index is 0.477. The van der Waals surface area contributed by atoms with E-state index >= 15 is 0 Å². The summed E-state index contributed by atoms with van der Waals surface area (Å²) in [4.78, 5) is 5.16. The van der Waals surface area contributed by atoms with Gasteiger partial charge >= 0.3 is 0 Å². The van der Waals surface area contributed by atoms with Crippen molar-refractivity contribution in [1.29, 1.82) is 0 Å². The molecule has 3 nitrogen and oxygen atoms in total. The van der Waals surface area contributed by atoms with Crippen LogP contribution in [0.1, 0.15) is 16.7 Å². The molecule has 0 aliphatic heterocycles. The first-order valence-electron chi connectivity index (χ1n) is 23.0. The van der Waals surface area contributed by atoms with Crippen LogP contribution in [-0.2, 0) is 6.42 Å². The first-order chi connectivity index (χ1) is 33.2. The van der Waals surface area contributed by atoms with Gasteiger partial charge in [0.25, 0.3) is 0 Å². The predicted octanol–water partition coefficient (Wildman–Crippen LogP) is 16.2. The average Bonchev–Trinajstić information content (AvgIpc) is 3.74. The van der Waals surface area contributed by atoms with Crippen LogP contribution < -0.4 is 5.73 Å². The predicted molar refractivity (Wildman–Crippen MR) is 285 cm³/mol. The molecule has 12 aromatic rings. The van der Waals surface area contributed by atoms with Gasteiger partial charge in [-0.3, -0.25) is 0 Å². The van der Waals surface area contributed by atoms with Crippen LogP contribution in [-0.4, -0.2) is 10.4 Å². The van der Waals surface area contributed by atoms with E-state index in [1.54, 1.807) is 0 Å². The number of hydrogen-bond donors (Lipinski definition) is 1. The Balaban J connectivity index is 0.980. The van der Waals surface area contributed by atoms with E-state index in [-0.39, 0.29) is 0 Å². The smallest absolute Gasteiger partial charge is 0.131 e. The summed E-state index contributed by atoms with van der Waals surface area (Å²) < 4.78 is 2.40. The van der Waals surface area contributed by atoms with E-state index in [1.165, 1.54) is 87.5 Å². The number of hydrogen-bond acceptors (Lipinski definition) is 1. The van der Waals surface area contributed by atoms with Crippen molar-refractivity contribution in [1.82, 2.24) is 4.57 Å². The van der Waals surface area contributed by atoms with Crippen LogP contribution in [0.15, 0.2) is 254 Å². The number of benzene rings is 11. The van der Waals surface area contributed by atoms with Crippen LogP contribution in [0.5, 0.6) is 0 Å². The Morgan fingerprint density at radius 3 is 1.81 bits per heavy atom. The quantitative estimate of drug-likeness (QED) is 0.0668. The lowest BCUT2D eigenvalue weighted by atomic mass is 9.84. The molecule has 0 fully saturated rings. The Morgan fingerprint density at radius 2 is 1.03 bits per heavy atom. The molecule has 0 saturated carbocycles. The molecule has 0 bridgehead atoms. The maximum atomic E-state index is 6.82. The third kappa shape index (κ3) is 7.15. The molecule has 0 spiro atoms. The number of aliphatic imine (C=N–C) groups is 1. The summed E-state index contributed by atoms with van der Waals surface area (Å²) in [6, 6.07) is 86.9. The fourth-order valence-electron chi connectivity index (χ4n) is 10.2.